The summed E-state index contributed by atoms with van der Waals surface area (Å²) in [6.45, 7) is 3.90. The number of carbonyl (C=O) groups is 2. The van der Waals surface area contributed by atoms with E-state index in [1.165, 1.54) is 0 Å². The van der Waals surface area contributed by atoms with Crippen molar-refractivity contribution in [2.24, 2.45) is 0 Å². The molecule has 7 heteroatoms. The lowest BCUT2D eigenvalue weighted by atomic mass is 10.2. The predicted octanol–water partition coefficient (Wildman–Crippen LogP) is 1.40. The van der Waals surface area contributed by atoms with Crippen molar-refractivity contribution in [1.82, 2.24) is 0 Å². The van der Waals surface area contributed by atoms with Gasteiger partial charge in [0.15, 0.2) is 0 Å². The topological polar surface area (TPSA) is 83.5 Å². The van der Waals surface area contributed by atoms with E-state index in [0.29, 0.717) is 29.1 Å². The lowest BCUT2D eigenvalue weighted by Gasteiger charge is -2.35. The Labute approximate surface area is 133 Å². The molecule has 0 aliphatic rings. The molecule has 0 rings (SSSR count). The fourth-order valence-electron chi connectivity index (χ4n) is 2.08. The fraction of sp³-hybridized carbons (Fsp3) is 0.733. The van der Waals surface area contributed by atoms with Gasteiger partial charge in [-0.1, -0.05) is 26.7 Å². The van der Waals surface area contributed by atoms with Crippen molar-refractivity contribution < 1.29 is 28.3 Å². The lowest BCUT2D eigenvalue weighted by Crippen LogP contribution is -2.36. The van der Waals surface area contributed by atoms with Gasteiger partial charge in [0.2, 0.25) is 0 Å². The second kappa shape index (κ2) is 9.11. The maximum Gasteiger partial charge on any atom is 0.331 e. The number of aliphatic carboxylic acids is 1. The molecule has 0 aromatic heterocycles. The molecular weight excluding hydrogens is 305 g/mol. The summed E-state index contributed by atoms with van der Waals surface area (Å²) < 4.78 is 18.7. The van der Waals surface area contributed by atoms with Crippen LogP contribution in [0.15, 0.2) is 12.2 Å². The third-order valence-corrected chi connectivity index (χ3v) is 7.75. The number of hydrogen-bond donors (Lipinski definition) is 0. The first-order valence-electron chi connectivity index (χ1n) is 7.55. The molecule has 0 saturated heterocycles. The van der Waals surface area contributed by atoms with Crippen LogP contribution in [0.1, 0.15) is 33.1 Å². The average molecular weight is 333 g/mol. The van der Waals surface area contributed by atoms with Gasteiger partial charge >= 0.3 is 5.97 Å². The highest BCUT2D eigenvalue weighted by Crippen LogP contribution is 2.53. The maximum atomic E-state index is 13.1. The van der Waals surface area contributed by atoms with Gasteiger partial charge in [-0.15, -0.1) is 0 Å². The number of carboxylic acids is 1. The van der Waals surface area contributed by atoms with E-state index in [9.17, 15) is 19.3 Å². The second-order valence-corrected chi connectivity index (χ2v) is 10.0. The molecule has 0 bridgehead atoms. The number of quaternary nitrogens is 1. The Hall–Kier alpha value is -1.13. The fourth-order valence-corrected chi connectivity index (χ4v) is 4.57. The van der Waals surface area contributed by atoms with Gasteiger partial charge in [0.1, 0.15) is 6.10 Å². The molecule has 0 amide bonds. The average Bonchev–Trinajstić information content (AvgIpc) is 2.41. The van der Waals surface area contributed by atoms with Crippen molar-refractivity contribution in [3.05, 3.63) is 12.2 Å². The third-order valence-electron chi connectivity index (χ3n) is 3.59. The largest absolute Gasteiger partial charge is 0.545 e. The molecule has 0 radical (unpaired) electrons. The SMILES string of the molecule is CCCCC(CP(=O)(CC)[N+](C)(C)C)OC(=O)/C=C/C(=O)[O-]. The summed E-state index contributed by atoms with van der Waals surface area (Å²) in [4.78, 5) is 22.0. The van der Waals surface area contributed by atoms with Crippen LogP contribution >= 0.6 is 7.29 Å². The third kappa shape index (κ3) is 7.23. The molecule has 2 unspecified atom stereocenters. The number of hydrogen-bond acceptors (Lipinski definition) is 5. The highest BCUT2D eigenvalue weighted by molar-refractivity contribution is 7.58. The summed E-state index contributed by atoms with van der Waals surface area (Å²) in [5.74, 6) is -2.19. The number of rotatable bonds is 10. The summed E-state index contributed by atoms with van der Waals surface area (Å²) in [7, 11) is 3.05. The number of nitrogens with zero attached hydrogens (tertiary/aromatic N) is 1. The van der Waals surface area contributed by atoms with Gasteiger partial charge in [-0.05, 0) is 12.5 Å². The minimum absolute atomic E-state index is 0.303. The Bertz CT molecular complexity index is 453. The zero-order valence-electron chi connectivity index (χ0n) is 14.2. The van der Waals surface area contributed by atoms with Gasteiger partial charge in [-0.3, -0.25) is 8.82 Å². The predicted molar refractivity (Wildman–Crippen MR) is 84.6 cm³/mol. The molecule has 22 heavy (non-hydrogen) atoms. The van der Waals surface area contributed by atoms with E-state index in [4.69, 9.17) is 4.74 Å². The van der Waals surface area contributed by atoms with Gasteiger partial charge in [-0.25, -0.2) is 4.79 Å². The first kappa shape index (κ1) is 20.9. The van der Waals surface area contributed by atoms with Crippen LogP contribution in [0.25, 0.3) is 0 Å². The molecule has 0 aromatic rings. The van der Waals surface area contributed by atoms with Crippen LogP contribution in [0.3, 0.4) is 0 Å². The van der Waals surface area contributed by atoms with Crippen molar-refractivity contribution >= 4 is 19.2 Å². The maximum absolute atomic E-state index is 13.1. The first-order valence-corrected chi connectivity index (χ1v) is 9.58. The van der Waals surface area contributed by atoms with E-state index in [2.05, 4.69) is 0 Å². The van der Waals surface area contributed by atoms with E-state index in [0.717, 1.165) is 18.9 Å². The normalized spacial score (nSPS) is 16.2. The molecule has 0 N–H and O–H groups in total. The lowest BCUT2D eigenvalue weighted by molar-refractivity contribution is -0.746. The van der Waals surface area contributed by atoms with Crippen molar-refractivity contribution in [2.75, 3.05) is 33.5 Å². The molecule has 128 valence electrons. The van der Waals surface area contributed by atoms with Gasteiger partial charge in [-0.2, -0.15) is 0 Å². The molecule has 0 aromatic carbocycles. The van der Waals surface area contributed by atoms with Crippen LogP contribution in [0.2, 0.25) is 0 Å². The van der Waals surface area contributed by atoms with Gasteiger partial charge < -0.3 is 14.6 Å². The molecule has 0 aliphatic carbocycles. The molecule has 0 aliphatic heterocycles. The van der Waals surface area contributed by atoms with Crippen molar-refractivity contribution in [1.29, 1.82) is 0 Å². The Balaban J connectivity index is 5.02. The van der Waals surface area contributed by atoms with Crippen LogP contribution in [-0.4, -0.2) is 55.8 Å². The summed E-state index contributed by atoms with van der Waals surface area (Å²) in [5, 5.41) is 10.3. The molecule has 2 atom stereocenters. The van der Waals surface area contributed by atoms with Crippen LogP contribution in [0.5, 0.6) is 0 Å². The number of carboxylic acid groups (broad SMARTS) is 1. The smallest absolute Gasteiger partial charge is 0.331 e. The Morgan fingerprint density at radius 1 is 1.23 bits per heavy atom. The van der Waals surface area contributed by atoms with E-state index in [1.807, 2.05) is 35.0 Å². The molecule has 0 spiro atoms. The van der Waals surface area contributed by atoms with Gasteiger partial charge in [0, 0.05) is 12.2 Å². The van der Waals surface area contributed by atoms with E-state index in [-0.39, 0.29) is 0 Å². The molecule has 0 fully saturated rings. The number of unbranched alkanes of at least 4 members (excludes halogenated alkanes) is 1. The highest BCUT2D eigenvalue weighted by Gasteiger charge is 2.38. The Kier molecular flexibility index (Phi) is 8.64. The van der Waals surface area contributed by atoms with Gasteiger partial charge in [0.05, 0.1) is 33.3 Å². The highest BCUT2D eigenvalue weighted by atomic mass is 31.2. The minimum Gasteiger partial charge on any atom is -0.545 e. The van der Waals surface area contributed by atoms with E-state index in [1.54, 1.807) is 0 Å². The summed E-state index contributed by atoms with van der Waals surface area (Å²) in [6.07, 6.45) is 4.22. The van der Waals surface area contributed by atoms with E-state index < -0.39 is 25.3 Å². The van der Waals surface area contributed by atoms with Crippen LogP contribution in [-0.2, 0) is 18.9 Å². The second-order valence-electron chi connectivity index (χ2n) is 6.14. The number of ether oxygens (including phenoxy) is 1. The van der Waals surface area contributed by atoms with Crippen LogP contribution in [0.4, 0.5) is 0 Å². The standard InChI is InChI=1S/C15H28NO5P/c1-6-8-9-13(21-15(19)11-10-14(17)18)12-22(20,7-2)16(3,4)5/h10-11,13H,6-9,12H2,1-5H3/b11-10+. The molecule has 0 saturated carbocycles. The number of carbonyl (C=O) groups excluding carboxylic acids is 2. The zero-order chi connectivity index (χ0) is 17.4. The minimum atomic E-state index is -2.57. The Morgan fingerprint density at radius 2 is 1.82 bits per heavy atom. The summed E-state index contributed by atoms with van der Waals surface area (Å²) in [6, 6.07) is 0. The molecule has 6 nitrogen and oxygen atoms in total. The zero-order valence-corrected chi connectivity index (χ0v) is 15.1. The monoisotopic (exact) mass is 333 g/mol. The first-order chi connectivity index (χ1) is 10.1. The van der Waals surface area contributed by atoms with Crippen LogP contribution < -0.4 is 5.11 Å². The Morgan fingerprint density at radius 3 is 2.23 bits per heavy atom. The van der Waals surface area contributed by atoms with Crippen LogP contribution in [0, 0.1) is 0 Å². The quantitative estimate of drug-likeness (QED) is 0.343. The summed E-state index contributed by atoms with van der Waals surface area (Å²) >= 11 is 0. The summed E-state index contributed by atoms with van der Waals surface area (Å²) in [5.41, 5.74) is 0. The number of esters is 1. The molecule has 0 heterocycles. The van der Waals surface area contributed by atoms with Gasteiger partial charge in [0.25, 0.3) is 7.29 Å². The van der Waals surface area contributed by atoms with E-state index >= 15 is 0 Å². The van der Waals surface area contributed by atoms with Crippen molar-refractivity contribution in [3.63, 3.8) is 0 Å². The van der Waals surface area contributed by atoms with Crippen molar-refractivity contribution in [3.8, 4) is 0 Å². The van der Waals surface area contributed by atoms with Crippen molar-refractivity contribution in [2.45, 2.75) is 39.2 Å². The molecular formula is C15H28NO5P.